The second-order valence-electron chi connectivity index (χ2n) is 6.95. The van der Waals surface area contributed by atoms with E-state index in [1.807, 2.05) is 31.2 Å². The van der Waals surface area contributed by atoms with Gasteiger partial charge in [-0.05, 0) is 55.7 Å². The van der Waals surface area contributed by atoms with Gasteiger partial charge < -0.3 is 9.64 Å². The van der Waals surface area contributed by atoms with Gasteiger partial charge in [-0.15, -0.1) is 0 Å². The van der Waals surface area contributed by atoms with Crippen molar-refractivity contribution in [1.82, 2.24) is 0 Å². The molecule has 1 unspecified atom stereocenters. The maximum Gasteiger partial charge on any atom is 0.331 e. The Bertz CT molecular complexity index is 944. The molecule has 1 atom stereocenters. The van der Waals surface area contributed by atoms with Crippen LogP contribution < -0.4 is 4.90 Å². The number of aryl methyl sites for hydroxylation is 1. The largest absolute Gasteiger partial charge is 0.451 e. The van der Waals surface area contributed by atoms with Gasteiger partial charge in [-0.2, -0.15) is 0 Å². The molecule has 0 N–H and O–H groups in total. The molecule has 28 heavy (non-hydrogen) atoms. The van der Waals surface area contributed by atoms with Gasteiger partial charge >= 0.3 is 5.97 Å². The van der Waals surface area contributed by atoms with Gasteiger partial charge in [0.25, 0.3) is 0 Å². The van der Waals surface area contributed by atoms with E-state index in [4.69, 9.17) is 4.74 Å². The van der Waals surface area contributed by atoms with Gasteiger partial charge in [0.15, 0.2) is 6.10 Å². The number of hydrogen-bond acceptors (Lipinski definition) is 4. The summed E-state index contributed by atoms with van der Waals surface area (Å²) in [6, 6.07) is 13.0. The summed E-state index contributed by atoms with van der Waals surface area (Å²) in [5, 5.41) is 0. The highest BCUT2D eigenvalue weighted by atomic mass is 16.5. The van der Waals surface area contributed by atoms with Gasteiger partial charge in [0.05, 0.1) is 0 Å². The first-order valence-electron chi connectivity index (χ1n) is 9.26. The van der Waals surface area contributed by atoms with Gasteiger partial charge in [-0.1, -0.05) is 29.8 Å². The monoisotopic (exact) mass is 377 g/mol. The number of ketones is 1. The quantitative estimate of drug-likeness (QED) is 0.452. The highest BCUT2D eigenvalue weighted by Crippen LogP contribution is 2.29. The van der Waals surface area contributed by atoms with Crippen molar-refractivity contribution in [3.05, 3.63) is 70.8 Å². The number of esters is 1. The Morgan fingerprint density at radius 1 is 1.11 bits per heavy atom. The van der Waals surface area contributed by atoms with E-state index in [-0.39, 0.29) is 11.7 Å². The lowest BCUT2D eigenvalue weighted by molar-refractivity contribution is -0.140. The summed E-state index contributed by atoms with van der Waals surface area (Å²) < 4.78 is 5.25. The molecule has 0 aliphatic carbocycles. The third-order valence-corrected chi connectivity index (χ3v) is 4.79. The lowest BCUT2D eigenvalue weighted by Gasteiger charge is -2.15. The minimum atomic E-state index is -0.890. The number of fused-ring (bicyclic) bond motifs is 1. The van der Waals surface area contributed by atoms with E-state index in [9.17, 15) is 14.4 Å². The van der Waals surface area contributed by atoms with Gasteiger partial charge in [-0.3, -0.25) is 9.59 Å². The Balaban J connectivity index is 1.64. The van der Waals surface area contributed by atoms with Crippen molar-refractivity contribution in [3.63, 3.8) is 0 Å². The van der Waals surface area contributed by atoms with Crippen LogP contribution in [0, 0.1) is 6.92 Å². The van der Waals surface area contributed by atoms with Crippen molar-refractivity contribution < 1.29 is 19.1 Å². The van der Waals surface area contributed by atoms with Crippen LogP contribution in [0.25, 0.3) is 6.08 Å². The van der Waals surface area contributed by atoms with Gasteiger partial charge in [-0.25, -0.2) is 4.79 Å². The Kier molecular flexibility index (Phi) is 5.73. The Hall–Kier alpha value is -3.21. The van der Waals surface area contributed by atoms with E-state index in [1.165, 1.54) is 13.0 Å². The molecule has 144 valence electrons. The molecule has 0 bridgehead atoms. The van der Waals surface area contributed by atoms with Crippen molar-refractivity contribution in [1.29, 1.82) is 0 Å². The number of ether oxygens (including phenoxy) is 1. The average molecular weight is 377 g/mol. The van der Waals surface area contributed by atoms with Crippen molar-refractivity contribution in [3.8, 4) is 0 Å². The van der Waals surface area contributed by atoms with Crippen LogP contribution in [-0.2, 0) is 20.7 Å². The number of Topliss-reactive ketones (excluding diaryl/α,β-unsaturated/α-hetero) is 1. The zero-order chi connectivity index (χ0) is 20.3. The molecule has 3 rings (SSSR count). The molecule has 5 nitrogen and oxygen atoms in total. The first kappa shape index (κ1) is 19.5. The first-order valence-corrected chi connectivity index (χ1v) is 9.26. The van der Waals surface area contributed by atoms with Crippen molar-refractivity contribution in [2.75, 3.05) is 11.4 Å². The fraction of sp³-hybridized carbons (Fsp3) is 0.261. The third-order valence-electron chi connectivity index (χ3n) is 4.79. The van der Waals surface area contributed by atoms with Crippen LogP contribution in [0.2, 0.25) is 0 Å². The Morgan fingerprint density at radius 3 is 2.50 bits per heavy atom. The molecule has 1 heterocycles. The van der Waals surface area contributed by atoms with Gasteiger partial charge in [0.1, 0.15) is 0 Å². The molecule has 1 aliphatic rings. The molecule has 0 fully saturated rings. The highest BCUT2D eigenvalue weighted by Gasteiger charge is 2.25. The maximum atomic E-state index is 12.6. The fourth-order valence-corrected chi connectivity index (χ4v) is 3.23. The highest BCUT2D eigenvalue weighted by molar-refractivity contribution is 6.02. The van der Waals surface area contributed by atoms with Crippen LogP contribution in [0.1, 0.15) is 40.9 Å². The summed E-state index contributed by atoms with van der Waals surface area (Å²) in [6.07, 6.45) is 2.80. The van der Waals surface area contributed by atoms with Gasteiger partial charge in [0, 0.05) is 30.8 Å². The molecule has 1 aliphatic heterocycles. The molecule has 2 aromatic carbocycles. The number of nitrogens with zero attached hydrogens (tertiary/aromatic N) is 1. The van der Waals surface area contributed by atoms with Crippen LogP contribution in [0.15, 0.2) is 48.5 Å². The number of carbonyl (C=O) groups excluding carboxylic acids is 3. The smallest absolute Gasteiger partial charge is 0.331 e. The third kappa shape index (κ3) is 4.36. The molecule has 5 heteroatoms. The number of carbonyl (C=O) groups is 3. The predicted octanol–water partition coefficient (Wildman–Crippen LogP) is 3.73. The molecule has 2 aromatic rings. The molecule has 0 saturated heterocycles. The van der Waals surface area contributed by atoms with E-state index < -0.39 is 12.1 Å². The van der Waals surface area contributed by atoms with Crippen molar-refractivity contribution in [2.45, 2.75) is 33.3 Å². The summed E-state index contributed by atoms with van der Waals surface area (Å²) in [5.41, 5.74) is 4.30. The standard InChI is InChI=1S/C23H23NO4/c1-15-4-6-18(7-5-15)8-11-22(26)28-16(2)23(27)20-9-10-21-19(14-20)12-13-24(21)17(3)25/h4-11,14,16H,12-13H2,1-3H3/b11-8+. The van der Waals surface area contributed by atoms with E-state index in [0.29, 0.717) is 18.5 Å². The zero-order valence-corrected chi connectivity index (χ0v) is 16.3. The van der Waals surface area contributed by atoms with Crippen LogP contribution in [-0.4, -0.2) is 30.3 Å². The Morgan fingerprint density at radius 2 is 1.82 bits per heavy atom. The number of amides is 1. The summed E-state index contributed by atoms with van der Waals surface area (Å²) in [4.78, 5) is 38.0. The lowest BCUT2D eigenvalue weighted by Crippen LogP contribution is -2.26. The molecule has 0 spiro atoms. The van der Waals surface area contributed by atoms with Crippen LogP contribution in [0.3, 0.4) is 0 Å². The second-order valence-corrected chi connectivity index (χ2v) is 6.95. The zero-order valence-electron chi connectivity index (χ0n) is 16.3. The topological polar surface area (TPSA) is 63.7 Å². The minimum Gasteiger partial charge on any atom is -0.451 e. The molecule has 0 aromatic heterocycles. The number of anilines is 1. The first-order chi connectivity index (χ1) is 13.3. The van der Waals surface area contributed by atoms with Crippen LogP contribution >= 0.6 is 0 Å². The second kappa shape index (κ2) is 8.21. The molecular formula is C23H23NO4. The van der Waals surface area contributed by atoms with Gasteiger partial charge in [0.2, 0.25) is 11.7 Å². The molecular weight excluding hydrogens is 354 g/mol. The average Bonchev–Trinajstić information content (AvgIpc) is 3.10. The summed E-state index contributed by atoms with van der Waals surface area (Å²) in [5.74, 6) is -0.841. The maximum absolute atomic E-state index is 12.6. The SMILES string of the molecule is CC(=O)N1CCc2cc(C(=O)C(C)OC(=O)/C=C/c3ccc(C)cc3)ccc21. The minimum absolute atomic E-state index is 0.0134. The number of hydrogen-bond donors (Lipinski definition) is 0. The van der Waals surface area contributed by atoms with E-state index in [0.717, 1.165) is 22.4 Å². The predicted molar refractivity (Wildman–Crippen MR) is 108 cm³/mol. The fourth-order valence-electron chi connectivity index (χ4n) is 3.23. The number of rotatable bonds is 5. The van der Waals surface area contributed by atoms with Crippen molar-refractivity contribution in [2.24, 2.45) is 0 Å². The van der Waals surface area contributed by atoms with E-state index in [2.05, 4.69) is 0 Å². The molecule has 0 saturated carbocycles. The number of benzene rings is 2. The lowest BCUT2D eigenvalue weighted by atomic mass is 10.0. The van der Waals surface area contributed by atoms with Crippen LogP contribution in [0.4, 0.5) is 5.69 Å². The molecule has 1 amide bonds. The molecule has 0 radical (unpaired) electrons. The summed E-state index contributed by atoms with van der Waals surface area (Å²) in [7, 11) is 0. The van der Waals surface area contributed by atoms with E-state index in [1.54, 1.807) is 36.1 Å². The van der Waals surface area contributed by atoms with Crippen molar-refractivity contribution >= 4 is 29.4 Å². The van der Waals surface area contributed by atoms with Crippen LogP contribution in [0.5, 0.6) is 0 Å². The summed E-state index contributed by atoms with van der Waals surface area (Å²) in [6.45, 7) is 5.71. The Labute approximate surface area is 164 Å². The van der Waals surface area contributed by atoms with E-state index >= 15 is 0 Å². The summed E-state index contributed by atoms with van der Waals surface area (Å²) >= 11 is 0. The normalized spacial score (nSPS) is 14.0.